The number of unbranched alkanes of at least 4 members (excludes halogenated alkanes) is 2. The van der Waals surface area contributed by atoms with E-state index in [1.54, 1.807) is 76.4 Å². The summed E-state index contributed by atoms with van der Waals surface area (Å²) in [6.07, 6.45) is 8.48. The van der Waals surface area contributed by atoms with Gasteiger partial charge in [-0.3, -0.25) is 0 Å². The first-order chi connectivity index (χ1) is 21.2. The van der Waals surface area contributed by atoms with E-state index in [-0.39, 0.29) is 24.8 Å². The Morgan fingerprint density at radius 2 is 0.933 bits per heavy atom. The Labute approximate surface area is 295 Å². The number of rotatable bonds is 10. The second kappa shape index (κ2) is 13.6. The maximum atomic E-state index is 2.59. The maximum absolute atomic E-state index is 2.59. The van der Waals surface area contributed by atoms with Crippen LogP contribution in [-0.4, -0.2) is 16.1 Å². The van der Waals surface area contributed by atoms with Gasteiger partial charge in [0, 0.05) is 0 Å². The monoisotopic (exact) mass is 700 g/mol. The van der Waals surface area contributed by atoms with Gasteiger partial charge in [0.2, 0.25) is 0 Å². The Morgan fingerprint density at radius 1 is 0.533 bits per heavy atom. The van der Waals surface area contributed by atoms with Crippen LogP contribution in [0.3, 0.4) is 0 Å². The van der Waals surface area contributed by atoms with Crippen molar-refractivity contribution in [2.75, 3.05) is 0 Å². The van der Waals surface area contributed by atoms with Crippen LogP contribution in [0.4, 0.5) is 0 Å². The molecule has 5 heteroatoms. The molecule has 2 heterocycles. The van der Waals surface area contributed by atoms with Crippen molar-refractivity contribution in [3.8, 4) is 22.3 Å². The fourth-order valence-electron chi connectivity index (χ4n) is 9.84. The Hall–Kier alpha value is -1.39. The molecule has 2 aliphatic carbocycles. The van der Waals surface area contributed by atoms with Gasteiger partial charge in [-0.15, -0.1) is 0 Å². The fourth-order valence-corrected chi connectivity index (χ4v) is 23.6. The molecule has 4 aromatic rings. The zero-order valence-corrected chi connectivity index (χ0v) is 32.1. The first-order valence-electron chi connectivity index (χ1n) is 17.4. The van der Waals surface area contributed by atoms with Gasteiger partial charge in [0.25, 0.3) is 0 Å². The van der Waals surface area contributed by atoms with Crippen LogP contribution >= 0.6 is 0 Å². The van der Waals surface area contributed by atoms with E-state index in [1.165, 1.54) is 50.6 Å². The third-order valence-electron chi connectivity index (χ3n) is 12.2. The number of hydrogen-bond acceptors (Lipinski definition) is 0. The quantitative estimate of drug-likeness (QED) is 0.216. The average molecular weight is 702 g/mol. The van der Waals surface area contributed by atoms with Gasteiger partial charge >= 0.3 is 272 Å². The maximum Gasteiger partial charge on any atom is -1.00 e. The summed E-state index contributed by atoms with van der Waals surface area (Å²) < 4.78 is 3.52. The molecule has 8 rings (SSSR count). The Kier molecular flexibility index (Phi) is 10.1. The van der Waals surface area contributed by atoms with Crippen LogP contribution in [0.25, 0.3) is 22.3 Å². The summed E-state index contributed by atoms with van der Waals surface area (Å²) in [5, 5.41) is 0. The van der Waals surface area contributed by atoms with Gasteiger partial charge in [0.15, 0.2) is 0 Å². The van der Waals surface area contributed by atoms with E-state index in [0.29, 0.717) is 0 Å². The minimum absolute atomic E-state index is 0. The molecule has 0 spiro atoms. The van der Waals surface area contributed by atoms with Crippen LogP contribution in [0.1, 0.15) is 85.7 Å². The fraction of sp³-hybridized carbons (Fsp3) is 0.400. The molecular formula is C40H46Cl2Si2Ti. The van der Waals surface area contributed by atoms with Crippen molar-refractivity contribution in [1.82, 2.24) is 0 Å². The van der Waals surface area contributed by atoms with Gasteiger partial charge in [0.05, 0.1) is 0 Å². The minimum Gasteiger partial charge on any atom is -1.00 e. The topological polar surface area (TPSA) is 0 Å². The van der Waals surface area contributed by atoms with Crippen LogP contribution in [0, 0.1) is 0 Å². The molecule has 0 aromatic heterocycles. The van der Waals surface area contributed by atoms with E-state index in [0.717, 1.165) is 11.1 Å². The van der Waals surface area contributed by atoms with Crippen molar-refractivity contribution in [2.24, 2.45) is 0 Å². The molecule has 0 amide bonds. The summed E-state index contributed by atoms with van der Waals surface area (Å²) in [6, 6.07) is 43.4. The van der Waals surface area contributed by atoms with Gasteiger partial charge in [-0.25, -0.2) is 0 Å². The molecule has 4 aliphatic rings. The third-order valence-corrected chi connectivity index (χ3v) is 26.1. The van der Waals surface area contributed by atoms with Gasteiger partial charge < -0.3 is 24.8 Å². The molecule has 0 bridgehead atoms. The van der Waals surface area contributed by atoms with Gasteiger partial charge in [0.1, 0.15) is 0 Å². The molecule has 45 heavy (non-hydrogen) atoms. The van der Waals surface area contributed by atoms with Crippen LogP contribution in [-0.2, 0) is 19.2 Å². The van der Waals surface area contributed by atoms with Crippen LogP contribution in [0.5, 0.6) is 0 Å². The van der Waals surface area contributed by atoms with Crippen molar-refractivity contribution < 1.29 is 44.0 Å². The Morgan fingerprint density at radius 3 is 1.31 bits per heavy atom. The van der Waals surface area contributed by atoms with Crippen molar-refractivity contribution in [1.29, 1.82) is 0 Å². The minimum atomic E-state index is -1.38. The standard InChI is InChI=1S/2C20H23Si.2ClH.Ti/c2*1-2-3-13-21(14-8-15-21)20-18-11-6-4-9-16(18)17-10-5-7-12-19(17)20;;;/h2*4-7,9-11,20H,2-3,8,13-15H2,1H3;2*1H;/q;;;;+2/p-2. The summed E-state index contributed by atoms with van der Waals surface area (Å²) in [5.74, 6) is 0. The predicted molar refractivity (Wildman–Crippen MR) is 186 cm³/mol. The summed E-state index contributed by atoms with van der Waals surface area (Å²) in [5.41, 5.74) is 14.8. The largest absolute Gasteiger partial charge is 1.00 e. The second-order valence-electron chi connectivity index (χ2n) is 14.3. The van der Waals surface area contributed by atoms with Gasteiger partial charge in [-0.2, -0.15) is 0 Å². The SMILES string of the molecule is CCCC[Si]1(C2c3ccccc3-c3ccc[c]([Ti+2][c]4cccc5c4C([Si]4(CCCC)CCC4)c4ccccc4-5)c32)CCC1.[Cl-].[Cl-]. The molecule has 2 unspecified atom stereocenters. The van der Waals surface area contributed by atoms with E-state index in [9.17, 15) is 0 Å². The summed E-state index contributed by atoms with van der Waals surface area (Å²) in [6.45, 7) is 4.80. The predicted octanol–water partition coefficient (Wildman–Crippen LogP) is 4.34. The van der Waals surface area contributed by atoms with Crippen molar-refractivity contribution in [3.05, 3.63) is 107 Å². The molecule has 2 fully saturated rings. The molecule has 2 atom stereocenters. The molecular weight excluding hydrogens is 655 g/mol. The first kappa shape index (κ1) is 33.5. The van der Waals surface area contributed by atoms with Gasteiger partial charge in [-0.05, 0) is 0 Å². The molecule has 0 radical (unpaired) electrons. The van der Waals surface area contributed by atoms with Crippen molar-refractivity contribution in [2.45, 2.75) is 99.7 Å². The summed E-state index contributed by atoms with van der Waals surface area (Å²) in [7, 11) is -2.76. The number of benzene rings is 4. The van der Waals surface area contributed by atoms with E-state index < -0.39 is 35.3 Å². The molecule has 2 saturated heterocycles. The Bertz CT molecular complexity index is 1550. The van der Waals surface area contributed by atoms with E-state index in [2.05, 4.69) is 98.8 Å². The normalized spacial score (nSPS) is 20.6. The van der Waals surface area contributed by atoms with E-state index in [1.807, 2.05) is 0 Å². The molecule has 232 valence electrons. The molecule has 2 aliphatic heterocycles. The number of hydrogen-bond donors (Lipinski definition) is 0. The van der Waals surface area contributed by atoms with Crippen LogP contribution < -0.4 is 32.6 Å². The molecule has 0 saturated carbocycles. The Balaban J connectivity index is 0.00000179. The molecule has 0 nitrogen and oxygen atoms in total. The van der Waals surface area contributed by atoms with E-state index >= 15 is 0 Å². The second-order valence-corrected chi connectivity index (χ2v) is 26.0. The first-order valence-corrected chi connectivity index (χ1v) is 24.4. The number of halogens is 2. The zero-order chi connectivity index (χ0) is 29.0. The average Bonchev–Trinajstić information content (AvgIpc) is 3.52. The van der Waals surface area contributed by atoms with Crippen molar-refractivity contribution in [3.63, 3.8) is 0 Å². The van der Waals surface area contributed by atoms with Crippen LogP contribution in [0.15, 0.2) is 84.9 Å². The molecule has 0 N–H and O–H groups in total. The van der Waals surface area contributed by atoms with Crippen molar-refractivity contribution >= 4 is 23.9 Å². The summed E-state index contributed by atoms with van der Waals surface area (Å²) >= 11 is -0.473. The number of fused-ring (bicyclic) bond motifs is 6. The smallest absolute Gasteiger partial charge is 1.00 e. The van der Waals surface area contributed by atoms with E-state index in [4.69, 9.17) is 0 Å². The summed E-state index contributed by atoms with van der Waals surface area (Å²) in [4.78, 5) is 0. The van der Waals surface area contributed by atoms with Gasteiger partial charge in [-0.1, -0.05) is 0 Å². The zero-order valence-electron chi connectivity index (χ0n) is 27.0. The third kappa shape index (κ3) is 5.35. The van der Waals surface area contributed by atoms with Crippen LogP contribution in [0.2, 0.25) is 36.3 Å². The molecule has 4 aromatic carbocycles.